The predicted molar refractivity (Wildman–Crippen MR) is 49.8 cm³/mol. The highest BCUT2D eigenvalue weighted by Crippen LogP contribution is 2.18. The molecule has 0 N–H and O–H groups in total. The maximum Gasteiger partial charge on any atom is 0.153 e. The van der Waals surface area contributed by atoms with Crippen LogP contribution in [0.2, 0.25) is 0 Å². The molecule has 4 nitrogen and oxygen atoms in total. The van der Waals surface area contributed by atoms with Gasteiger partial charge in [0.15, 0.2) is 5.78 Å². The Bertz CT molecular complexity index is 343. The summed E-state index contributed by atoms with van der Waals surface area (Å²) in [4.78, 5) is 13.1. The molecular weight excluding hydrogens is 166 g/mol. The molecule has 1 aromatic heterocycles. The van der Waals surface area contributed by atoms with E-state index in [1.165, 1.54) is 0 Å². The van der Waals surface area contributed by atoms with Crippen molar-refractivity contribution < 1.29 is 4.79 Å². The summed E-state index contributed by atoms with van der Waals surface area (Å²) in [6, 6.07) is 2.01. The van der Waals surface area contributed by atoms with Crippen LogP contribution < -0.4 is 4.90 Å². The van der Waals surface area contributed by atoms with E-state index in [1.807, 2.05) is 24.7 Å². The number of Topliss-reactive ketones (excluding diaryl/α,β-unsaturated/α-hetero) is 1. The molecule has 70 valence electrons. The van der Waals surface area contributed by atoms with Crippen molar-refractivity contribution in [3.8, 4) is 0 Å². The molecule has 0 aromatic carbocycles. The maximum absolute atomic E-state index is 11.1. The molecule has 1 aromatic rings. The molecule has 1 aliphatic rings. The Morgan fingerprint density at radius 2 is 2.31 bits per heavy atom. The number of aromatic nitrogens is 2. The average molecular weight is 179 g/mol. The largest absolute Gasteiger partial charge is 0.349 e. The third-order valence-electron chi connectivity index (χ3n) is 2.33. The number of hydrogen-bond donors (Lipinski definition) is 0. The van der Waals surface area contributed by atoms with Gasteiger partial charge in [0.2, 0.25) is 0 Å². The van der Waals surface area contributed by atoms with E-state index in [-0.39, 0.29) is 0 Å². The minimum atomic E-state index is 0.318. The quantitative estimate of drug-likeness (QED) is 0.630. The summed E-state index contributed by atoms with van der Waals surface area (Å²) < 4.78 is 1.83. The fraction of sp³-hybridized carbons (Fsp3) is 0.556. The fourth-order valence-corrected chi connectivity index (χ4v) is 1.72. The van der Waals surface area contributed by atoms with Gasteiger partial charge in [-0.15, -0.1) is 0 Å². The molecule has 1 saturated heterocycles. The molecule has 0 atom stereocenters. The van der Waals surface area contributed by atoms with Crippen LogP contribution in [0, 0.1) is 6.92 Å². The maximum atomic E-state index is 11.1. The van der Waals surface area contributed by atoms with Gasteiger partial charge in [-0.1, -0.05) is 0 Å². The van der Waals surface area contributed by atoms with Crippen LogP contribution >= 0.6 is 0 Å². The summed E-state index contributed by atoms with van der Waals surface area (Å²) in [6.07, 6.45) is 0.671. The highest BCUT2D eigenvalue weighted by atomic mass is 16.1. The Kier molecular flexibility index (Phi) is 1.83. The van der Waals surface area contributed by atoms with Crippen molar-refractivity contribution in [1.29, 1.82) is 0 Å². The summed E-state index contributed by atoms with van der Waals surface area (Å²) in [5, 5.41) is 4.24. The Balaban J connectivity index is 2.25. The molecule has 13 heavy (non-hydrogen) atoms. The lowest BCUT2D eigenvalue weighted by molar-refractivity contribution is -0.116. The number of ketones is 1. The SMILES string of the molecule is Cc1cc(N2CCC(=O)C2)n(C)n1. The van der Waals surface area contributed by atoms with Crippen LogP contribution in [-0.4, -0.2) is 28.7 Å². The van der Waals surface area contributed by atoms with E-state index in [0.717, 1.165) is 18.1 Å². The normalized spacial score (nSPS) is 17.1. The summed E-state index contributed by atoms with van der Waals surface area (Å²) in [5.74, 6) is 1.36. The first-order chi connectivity index (χ1) is 6.16. The number of anilines is 1. The van der Waals surface area contributed by atoms with E-state index < -0.39 is 0 Å². The van der Waals surface area contributed by atoms with Gasteiger partial charge >= 0.3 is 0 Å². The van der Waals surface area contributed by atoms with Gasteiger partial charge in [-0.25, -0.2) is 0 Å². The summed E-state index contributed by atoms with van der Waals surface area (Å²) in [5.41, 5.74) is 0.997. The van der Waals surface area contributed by atoms with Gasteiger partial charge in [0, 0.05) is 26.1 Å². The summed E-state index contributed by atoms with van der Waals surface area (Å²) in [6.45, 7) is 3.33. The minimum Gasteiger partial charge on any atom is -0.349 e. The second kappa shape index (κ2) is 2.87. The van der Waals surface area contributed by atoms with Crippen LogP contribution in [0.3, 0.4) is 0 Å². The average Bonchev–Trinajstić information content (AvgIpc) is 2.58. The molecule has 0 radical (unpaired) electrons. The molecule has 0 unspecified atom stereocenters. The Hall–Kier alpha value is -1.32. The third-order valence-corrected chi connectivity index (χ3v) is 2.33. The van der Waals surface area contributed by atoms with Gasteiger partial charge in [-0.2, -0.15) is 5.10 Å². The van der Waals surface area contributed by atoms with Crippen LogP contribution in [0.5, 0.6) is 0 Å². The molecule has 0 aliphatic carbocycles. The number of carbonyl (C=O) groups excluding carboxylic acids is 1. The smallest absolute Gasteiger partial charge is 0.153 e. The van der Waals surface area contributed by atoms with E-state index in [1.54, 1.807) is 0 Å². The topological polar surface area (TPSA) is 38.1 Å². The number of carbonyl (C=O) groups is 1. The Labute approximate surface area is 77.1 Å². The lowest BCUT2D eigenvalue weighted by Crippen LogP contribution is -2.22. The van der Waals surface area contributed by atoms with Gasteiger partial charge in [0.25, 0.3) is 0 Å². The highest BCUT2D eigenvalue weighted by Gasteiger charge is 2.21. The van der Waals surface area contributed by atoms with Crippen molar-refractivity contribution in [2.45, 2.75) is 13.3 Å². The summed E-state index contributed by atoms with van der Waals surface area (Å²) in [7, 11) is 1.91. The van der Waals surface area contributed by atoms with Gasteiger partial charge in [-0.05, 0) is 6.92 Å². The standard InChI is InChI=1S/C9H13N3O/c1-7-5-9(11(2)10-7)12-4-3-8(13)6-12/h5H,3-4,6H2,1-2H3. The minimum absolute atomic E-state index is 0.318. The monoisotopic (exact) mass is 179 g/mol. The van der Waals surface area contributed by atoms with Crippen LogP contribution in [-0.2, 0) is 11.8 Å². The van der Waals surface area contributed by atoms with Crippen molar-refractivity contribution in [3.05, 3.63) is 11.8 Å². The van der Waals surface area contributed by atoms with Gasteiger partial charge in [0.1, 0.15) is 5.82 Å². The second-order valence-corrected chi connectivity index (χ2v) is 3.48. The number of hydrogen-bond acceptors (Lipinski definition) is 3. The molecule has 4 heteroatoms. The highest BCUT2D eigenvalue weighted by molar-refractivity contribution is 5.86. The predicted octanol–water partition coefficient (Wildman–Crippen LogP) is 0.508. The zero-order valence-corrected chi connectivity index (χ0v) is 7.95. The number of aryl methyl sites for hydroxylation is 2. The molecule has 1 fully saturated rings. The van der Waals surface area contributed by atoms with E-state index >= 15 is 0 Å². The molecular formula is C9H13N3O. The van der Waals surface area contributed by atoms with Crippen molar-refractivity contribution in [3.63, 3.8) is 0 Å². The van der Waals surface area contributed by atoms with Gasteiger partial charge in [-0.3, -0.25) is 9.48 Å². The van der Waals surface area contributed by atoms with Gasteiger partial charge in [0.05, 0.1) is 12.2 Å². The van der Waals surface area contributed by atoms with Crippen molar-refractivity contribution in [1.82, 2.24) is 9.78 Å². The van der Waals surface area contributed by atoms with Crippen LogP contribution in [0.15, 0.2) is 6.07 Å². The fourth-order valence-electron chi connectivity index (χ4n) is 1.72. The van der Waals surface area contributed by atoms with E-state index in [0.29, 0.717) is 18.7 Å². The number of nitrogens with zero attached hydrogens (tertiary/aromatic N) is 3. The van der Waals surface area contributed by atoms with E-state index in [2.05, 4.69) is 10.00 Å². The van der Waals surface area contributed by atoms with Crippen LogP contribution in [0.4, 0.5) is 5.82 Å². The number of rotatable bonds is 1. The zero-order chi connectivity index (χ0) is 9.42. The third kappa shape index (κ3) is 1.43. The molecule has 2 heterocycles. The summed E-state index contributed by atoms with van der Waals surface area (Å²) >= 11 is 0. The molecule has 0 saturated carbocycles. The first kappa shape index (κ1) is 8.29. The van der Waals surface area contributed by atoms with E-state index in [9.17, 15) is 4.79 Å². The van der Waals surface area contributed by atoms with Crippen LogP contribution in [0.1, 0.15) is 12.1 Å². The Morgan fingerprint density at radius 1 is 1.54 bits per heavy atom. The van der Waals surface area contributed by atoms with Crippen LogP contribution in [0.25, 0.3) is 0 Å². The zero-order valence-electron chi connectivity index (χ0n) is 7.95. The van der Waals surface area contributed by atoms with Crippen molar-refractivity contribution in [2.24, 2.45) is 7.05 Å². The lowest BCUT2D eigenvalue weighted by atomic mass is 10.4. The molecule has 1 aliphatic heterocycles. The first-order valence-corrected chi connectivity index (χ1v) is 4.44. The second-order valence-electron chi connectivity index (χ2n) is 3.48. The molecule has 0 spiro atoms. The molecule has 0 amide bonds. The van der Waals surface area contributed by atoms with Gasteiger partial charge < -0.3 is 4.90 Å². The van der Waals surface area contributed by atoms with E-state index in [4.69, 9.17) is 0 Å². The Morgan fingerprint density at radius 3 is 2.77 bits per heavy atom. The molecule has 0 bridgehead atoms. The lowest BCUT2D eigenvalue weighted by Gasteiger charge is -2.15. The van der Waals surface area contributed by atoms with Crippen molar-refractivity contribution in [2.75, 3.05) is 18.0 Å². The van der Waals surface area contributed by atoms with Crippen molar-refractivity contribution >= 4 is 11.6 Å². The first-order valence-electron chi connectivity index (χ1n) is 4.44. The molecule has 2 rings (SSSR count).